The molecule has 9 heteroatoms. The molecule has 2 aromatic heterocycles. The molecular weight excluding hydrogens is 540 g/mol. The molecule has 2 aromatic carbocycles. The van der Waals surface area contributed by atoms with Crippen LogP contribution in [0.3, 0.4) is 0 Å². The molecule has 38 heavy (non-hydrogen) atoms. The van der Waals surface area contributed by atoms with Crippen LogP contribution in [0.15, 0.2) is 91.0 Å². The normalized spacial score (nSPS) is 15.5. The Hall–Kier alpha value is -3.33. The van der Waals surface area contributed by atoms with Gasteiger partial charge in [0.15, 0.2) is 4.80 Å². The molecular formula is C29H25ClN2O4S2. The highest BCUT2D eigenvalue weighted by atomic mass is 35.5. The first-order valence-corrected chi connectivity index (χ1v) is 14.4. The van der Waals surface area contributed by atoms with Gasteiger partial charge in [-0.05, 0) is 69.0 Å². The number of esters is 1. The van der Waals surface area contributed by atoms with Crippen LogP contribution in [0, 0.1) is 0 Å². The Bertz CT molecular complexity index is 1730. The number of aromatic nitrogens is 1. The molecule has 194 valence electrons. The fourth-order valence-corrected chi connectivity index (χ4v) is 5.94. The number of halogens is 1. The van der Waals surface area contributed by atoms with Gasteiger partial charge in [0.2, 0.25) is 0 Å². The van der Waals surface area contributed by atoms with Crippen molar-refractivity contribution in [3.05, 3.63) is 108 Å². The molecule has 1 atom stereocenters. The Kier molecular flexibility index (Phi) is 7.47. The van der Waals surface area contributed by atoms with Gasteiger partial charge >= 0.3 is 5.97 Å². The van der Waals surface area contributed by atoms with Gasteiger partial charge in [0.25, 0.3) is 5.56 Å². The van der Waals surface area contributed by atoms with Gasteiger partial charge in [0.1, 0.15) is 11.5 Å². The van der Waals surface area contributed by atoms with E-state index in [0.29, 0.717) is 37.1 Å². The number of hydrogen-bond donors (Lipinski definition) is 0. The van der Waals surface area contributed by atoms with Crippen molar-refractivity contribution in [2.75, 3.05) is 6.26 Å². The van der Waals surface area contributed by atoms with Crippen molar-refractivity contribution in [3.63, 3.8) is 0 Å². The largest absolute Gasteiger partial charge is 0.459 e. The monoisotopic (exact) mass is 564 g/mol. The summed E-state index contributed by atoms with van der Waals surface area (Å²) >= 11 is 9.01. The summed E-state index contributed by atoms with van der Waals surface area (Å²) < 4.78 is 13.6. The first-order chi connectivity index (χ1) is 18.2. The van der Waals surface area contributed by atoms with Crippen molar-refractivity contribution in [2.45, 2.75) is 37.8 Å². The summed E-state index contributed by atoms with van der Waals surface area (Å²) in [6.07, 6.45) is 3.40. The second-order valence-corrected chi connectivity index (χ2v) is 11.3. The molecule has 0 N–H and O–H groups in total. The van der Waals surface area contributed by atoms with Crippen molar-refractivity contribution in [1.82, 2.24) is 4.57 Å². The van der Waals surface area contributed by atoms with Gasteiger partial charge in [-0.1, -0.05) is 47.2 Å². The first kappa shape index (κ1) is 26.3. The Balaban J connectivity index is 1.63. The fourth-order valence-electron chi connectivity index (χ4n) is 4.32. The predicted octanol–water partition coefficient (Wildman–Crippen LogP) is 5.82. The second-order valence-electron chi connectivity index (χ2n) is 9.02. The van der Waals surface area contributed by atoms with E-state index in [1.165, 1.54) is 11.3 Å². The number of fused-ring (bicyclic) bond motifs is 1. The molecule has 4 aromatic rings. The topological polar surface area (TPSA) is 73.8 Å². The van der Waals surface area contributed by atoms with Crippen molar-refractivity contribution < 1.29 is 13.9 Å². The minimum absolute atomic E-state index is 0.254. The molecule has 0 fully saturated rings. The highest BCUT2D eigenvalue weighted by Crippen LogP contribution is 2.32. The lowest BCUT2D eigenvalue weighted by atomic mass is 9.96. The van der Waals surface area contributed by atoms with Crippen LogP contribution in [-0.4, -0.2) is 22.9 Å². The number of furan rings is 1. The number of carbonyl (C=O) groups is 1. The molecule has 0 saturated heterocycles. The molecule has 3 heterocycles. The molecule has 6 nitrogen and oxygen atoms in total. The first-order valence-electron chi connectivity index (χ1n) is 12.0. The predicted molar refractivity (Wildman–Crippen MR) is 152 cm³/mol. The number of rotatable bonds is 6. The van der Waals surface area contributed by atoms with Crippen LogP contribution < -0.4 is 14.9 Å². The summed E-state index contributed by atoms with van der Waals surface area (Å²) in [5, 5.41) is 0.612. The van der Waals surface area contributed by atoms with E-state index in [0.717, 1.165) is 16.0 Å². The zero-order valence-electron chi connectivity index (χ0n) is 21.2. The van der Waals surface area contributed by atoms with Crippen LogP contribution in [-0.2, 0) is 9.53 Å². The van der Waals surface area contributed by atoms with Gasteiger partial charge < -0.3 is 9.15 Å². The number of thiazole rings is 1. The summed E-state index contributed by atoms with van der Waals surface area (Å²) in [5.41, 5.74) is 2.29. The number of nitrogens with zero attached hydrogens (tertiary/aromatic N) is 2. The highest BCUT2D eigenvalue weighted by Gasteiger charge is 2.33. The minimum atomic E-state index is -0.658. The maximum atomic E-state index is 13.8. The molecule has 0 radical (unpaired) electrons. The maximum Gasteiger partial charge on any atom is 0.338 e. The molecule has 0 bridgehead atoms. The van der Waals surface area contributed by atoms with Crippen LogP contribution in [0.4, 0.5) is 0 Å². The van der Waals surface area contributed by atoms with Crippen LogP contribution in [0.1, 0.15) is 38.1 Å². The maximum absolute atomic E-state index is 13.8. The number of benzene rings is 2. The third-order valence-corrected chi connectivity index (χ3v) is 7.99. The lowest BCUT2D eigenvalue weighted by Crippen LogP contribution is -2.40. The van der Waals surface area contributed by atoms with Crippen LogP contribution >= 0.6 is 34.7 Å². The fraction of sp³-hybridized carbons (Fsp3) is 0.207. The summed E-state index contributed by atoms with van der Waals surface area (Å²) in [5.74, 6) is 0.695. The zero-order chi connectivity index (χ0) is 27.0. The van der Waals surface area contributed by atoms with Gasteiger partial charge in [-0.3, -0.25) is 9.36 Å². The summed E-state index contributed by atoms with van der Waals surface area (Å²) in [6, 6.07) is 18.2. The Morgan fingerprint density at radius 3 is 2.63 bits per heavy atom. The van der Waals surface area contributed by atoms with E-state index in [9.17, 15) is 9.59 Å². The average molecular weight is 565 g/mol. The SMILES string of the molecule is CSc1ccc(C2C(C(=O)OC(C)C)=C(C)N=c3sc(=Cc4ccc(-c5cccc(Cl)c5)o4)c(=O)n32)cc1. The van der Waals surface area contributed by atoms with Gasteiger partial charge in [0, 0.05) is 21.6 Å². The molecule has 1 aliphatic heterocycles. The van der Waals surface area contributed by atoms with E-state index in [2.05, 4.69) is 4.99 Å². The third-order valence-electron chi connectivity index (χ3n) is 6.03. The molecule has 1 aliphatic rings. The molecule has 0 spiro atoms. The van der Waals surface area contributed by atoms with Crippen LogP contribution in [0.2, 0.25) is 5.02 Å². The third kappa shape index (κ3) is 5.16. The van der Waals surface area contributed by atoms with Crippen LogP contribution in [0.5, 0.6) is 0 Å². The summed E-state index contributed by atoms with van der Waals surface area (Å²) in [6.45, 7) is 5.37. The van der Waals surface area contributed by atoms with Crippen molar-refractivity contribution in [2.24, 2.45) is 4.99 Å². The van der Waals surface area contributed by atoms with Gasteiger partial charge in [-0.15, -0.1) is 11.8 Å². The highest BCUT2D eigenvalue weighted by molar-refractivity contribution is 7.98. The summed E-state index contributed by atoms with van der Waals surface area (Å²) in [7, 11) is 0. The van der Waals surface area contributed by atoms with E-state index in [1.54, 1.807) is 49.2 Å². The standard InChI is InChI=1S/C29H25ClN2O4S2/c1-16(2)35-28(34)25-17(3)31-29-32(26(25)18-8-11-22(37-4)12-9-18)27(33)24(38-29)15-21-10-13-23(36-21)19-6-5-7-20(30)14-19/h5-16,26H,1-4H3. The lowest BCUT2D eigenvalue weighted by Gasteiger charge is -2.25. The van der Waals surface area contributed by atoms with Gasteiger partial charge in [-0.25, -0.2) is 9.79 Å². The number of thioether (sulfide) groups is 1. The van der Waals surface area contributed by atoms with Crippen molar-refractivity contribution >= 4 is 46.7 Å². The quantitative estimate of drug-likeness (QED) is 0.218. The van der Waals surface area contributed by atoms with E-state index in [1.807, 2.05) is 60.9 Å². The smallest absolute Gasteiger partial charge is 0.338 e. The lowest BCUT2D eigenvalue weighted by molar-refractivity contribution is -0.143. The van der Waals surface area contributed by atoms with Gasteiger partial charge in [0.05, 0.1) is 27.9 Å². The Labute approximate surface area is 232 Å². The van der Waals surface area contributed by atoms with Crippen LogP contribution in [0.25, 0.3) is 17.4 Å². The van der Waals surface area contributed by atoms with E-state index in [4.69, 9.17) is 20.8 Å². The van der Waals surface area contributed by atoms with Crippen molar-refractivity contribution in [3.8, 4) is 11.3 Å². The zero-order valence-corrected chi connectivity index (χ0v) is 23.6. The number of carbonyl (C=O) groups excluding carboxylic acids is 1. The minimum Gasteiger partial charge on any atom is -0.459 e. The molecule has 1 unspecified atom stereocenters. The summed E-state index contributed by atoms with van der Waals surface area (Å²) in [4.78, 5) is 33.2. The number of hydrogen-bond acceptors (Lipinski definition) is 7. The molecule has 5 rings (SSSR count). The van der Waals surface area contributed by atoms with E-state index >= 15 is 0 Å². The molecule has 0 aliphatic carbocycles. The van der Waals surface area contributed by atoms with E-state index < -0.39 is 12.0 Å². The second kappa shape index (κ2) is 10.8. The number of ether oxygens (including phenoxy) is 1. The molecule has 0 saturated carbocycles. The number of allylic oxidation sites excluding steroid dienone is 1. The average Bonchev–Trinajstić information content (AvgIpc) is 3.47. The van der Waals surface area contributed by atoms with Crippen molar-refractivity contribution in [1.29, 1.82) is 0 Å². The molecule has 0 amide bonds. The van der Waals surface area contributed by atoms with E-state index in [-0.39, 0.29) is 11.7 Å². The van der Waals surface area contributed by atoms with Gasteiger partial charge in [-0.2, -0.15) is 0 Å². The Morgan fingerprint density at radius 1 is 1.18 bits per heavy atom. The Morgan fingerprint density at radius 2 is 1.95 bits per heavy atom.